The smallest absolute Gasteiger partial charge is 0.255 e. The van der Waals surface area contributed by atoms with Gasteiger partial charge in [-0.15, -0.1) is 0 Å². The van der Waals surface area contributed by atoms with Crippen LogP contribution in [0.1, 0.15) is 15.9 Å². The summed E-state index contributed by atoms with van der Waals surface area (Å²) in [6.45, 7) is 0. The van der Waals surface area contributed by atoms with E-state index in [9.17, 15) is 14.7 Å². The number of amides is 2. The van der Waals surface area contributed by atoms with Crippen LogP contribution < -0.4 is 10.6 Å². The van der Waals surface area contributed by atoms with E-state index in [1.807, 2.05) is 0 Å². The van der Waals surface area contributed by atoms with E-state index in [0.29, 0.717) is 11.3 Å². The van der Waals surface area contributed by atoms with Gasteiger partial charge in [-0.1, -0.05) is 23.2 Å². The number of anilines is 2. The van der Waals surface area contributed by atoms with E-state index in [1.54, 1.807) is 18.2 Å². The van der Waals surface area contributed by atoms with Crippen molar-refractivity contribution in [1.29, 1.82) is 0 Å². The molecule has 3 N–H and O–H groups in total. The van der Waals surface area contributed by atoms with Crippen molar-refractivity contribution in [3.63, 3.8) is 0 Å². The first-order chi connectivity index (χ1) is 10.4. The molecule has 0 bridgehead atoms. The van der Waals surface area contributed by atoms with Gasteiger partial charge in [0.1, 0.15) is 0 Å². The number of phenols is 1. The number of benzene rings is 2. The van der Waals surface area contributed by atoms with Gasteiger partial charge in [0.05, 0.1) is 16.5 Å². The molecule has 2 aromatic rings. The minimum atomic E-state index is -0.361. The number of phenolic OH excluding ortho intramolecular Hbond substituents is 1. The zero-order valence-electron chi connectivity index (χ0n) is 11.1. The molecule has 0 spiro atoms. The van der Waals surface area contributed by atoms with E-state index in [4.69, 9.17) is 23.2 Å². The van der Waals surface area contributed by atoms with Crippen molar-refractivity contribution in [2.45, 2.75) is 6.42 Å². The highest BCUT2D eigenvalue weighted by molar-refractivity contribution is 6.37. The van der Waals surface area contributed by atoms with Gasteiger partial charge in [0.25, 0.3) is 5.91 Å². The summed E-state index contributed by atoms with van der Waals surface area (Å²) in [5, 5.41) is 14.9. The highest BCUT2D eigenvalue weighted by Crippen LogP contribution is 2.34. The first kappa shape index (κ1) is 14.7. The van der Waals surface area contributed by atoms with Gasteiger partial charge >= 0.3 is 0 Å². The van der Waals surface area contributed by atoms with Crippen LogP contribution in [0, 0.1) is 0 Å². The maximum atomic E-state index is 12.2. The van der Waals surface area contributed by atoms with Crippen LogP contribution in [0.4, 0.5) is 11.4 Å². The molecule has 0 saturated heterocycles. The monoisotopic (exact) mass is 336 g/mol. The molecule has 22 heavy (non-hydrogen) atoms. The Labute approximate surface area is 135 Å². The summed E-state index contributed by atoms with van der Waals surface area (Å²) >= 11 is 11.6. The predicted molar refractivity (Wildman–Crippen MR) is 84.9 cm³/mol. The second kappa shape index (κ2) is 5.51. The minimum Gasteiger partial charge on any atom is -0.505 e. The maximum absolute atomic E-state index is 12.2. The van der Waals surface area contributed by atoms with Crippen molar-refractivity contribution < 1.29 is 14.7 Å². The summed E-state index contributed by atoms with van der Waals surface area (Å²) in [6.07, 6.45) is 0.257. The Morgan fingerprint density at radius 3 is 2.55 bits per heavy atom. The molecule has 2 aromatic carbocycles. The minimum absolute atomic E-state index is 0.0477. The molecule has 0 radical (unpaired) electrons. The Morgan fingerprint density at radius 2 is 1.86 bits per heavy atom. The summed E-state index contributed by atoms with van der Waals surface area (Å²) in [5.41, 5.74) is 2.28. The number of halogens is 2. The Morgan fingerprint density at radius 1 is 1.18 bits per heavy atom. The average molecular weight is 337 g/mol. The average Bonchev–Trinajstić information content (AvgIpc) is 2.83. The molecular weight excluding hydrogens is 327 g/mol. The van der Waals surface area contributed by atoms with Crippen LogP contribution in [-0.4, -0.2) is 16.9 Å². The Balaban J connectivity index is 1.84. The largest absolute Gasteiger partial charge is 0.505 e. The fourth-order valence-corrected chi connectivity index (χ4v) is 2.70. The Bertz CT molecular complexity index is 782. The fraction of sp³-hybridized carbons (Fsp3) is 0.0667. The lowest BCUT2D eigenvalue weighted by molar-refractivity contribution is -0.115. The standard InChI is InChI=1S/C15H10Cl2N2O3/c16-10-5-9(6-11(17)14(10)21)18-15(22)7-1-2-12-8(3-7)4-13(20)19-12/h1-3,5-6,21H,4H2,(H,18,22)(H,19,20). The van der Waals surface area contributed by atoms with Gasteiger partial charge in [-0.3, -0.25) is 9.59 Å². The molecule has 1 heterocycles. The molecule has 0 unspecified atom stereocenters. The third kappa shape index (κ3) is 2.73. The van der Waals surface area contributed by atoms with E-state index >= 15 is 0 Å². The number of hydrogen-bond acceptors (Lipinski definition) is 3. The SMILES string of the molecule is O=C1Cc2cc(C(=O)Nc3cc(Cl)c(O)c(Cl)c3)ccc2N1. The molecule has 0 atom stereocenters. The summed E-state index contributed by atoms with van der Waals surface area (Å²) in [6, 6.07) is 7.76. The zero-order chi connectivity index (χ0) is 15.9. The summed E-state index contributed by atoms with van der Waals surface area (Å²) in [5.74, 6) is -0.687. The molecule has 0 aliphatic carbocycles. The quantitative estimate of drug-likeness (QED) is 0.735. The van der Waals surface area contributed by atoms with Gasteiger partial charge in [0, 0.05) is 16.9 Å². The van der Waals surface area contributed by atoms with Crippen LogP contribution in [-0.2, 0) is 11.2 Å². The van der Waals surface area contributed by atoms with Crippen LogP contribution in [0.5, 0.6) is 5.75 Å². The number of rotatable bonds is 2. The number of fused-ring (bicyclic) bond motifs is 1. The van der Waals surface area contributed by atoms with E-state index in [-0.39, 0.29) is 34.0 Å². The molecule has 1 aliphatic heterocycles. The van der Waals surface area contributed by atoms with Gasteiger partial charge < -0.3 is 15.7 Å². The lowest BCUT2D eigenvalue weighted by Crippen LogP contribution is -2.12. The molecule has 0 saturated carbocycles. The Kier molecular flexibility index (Phi) is 3.68. The third-order valence-corrected chi connectivity index (χ3v) is 3.84. The molecule has 3 rings (SSSR count). The van der Waals surface area contributed by atoms with Crippen LogP contribution in [0.2, 0.25) is 10.0 Å². The number of aromatic hydroxyl groups is 1. The molecule has 1 aliphatic rings. The van der Waals surface area contributed by atoms with E-state index < -0.39 is 0 Å². The van der Waals surface area contributed by atoms with Crippen LogP contribution in [0.15, 0.2) is 30.3 Å². The van der Waals surface area contributed by atoms with Crippen LogP contribution in [0.25, 0.3) is 0 Å². The fourth-order valence-electron chi connectivity index (χ4n) is 2.21. The van der Waals surface area contributed by atoms with Crippen molar-refractivity contribution in [1.82, 2.24) is 0 Å². The predicted octanol–water partition coefficient (Wildman–Crippen LogP) is 3.45. The summed E-state index contributed by atoms with van der Waals surface area (Å²) in [4.78, 5) is 23.6. The Hall–Kier alpha value is -2.24. The van der Waals surface area contributed by atoms with E-state index in [0.717, 1.165) is 11.3 Å². The molecule has 112 valence electrons. The summed E-state index contributed by atoms with van der Waals surface area (Å²) < 4.78 is 0. The zero-order valence-corrected chi connectivity index (χ0v) is 12.6. The van der Waals surface area contributed by atoms with Crippen molar-refractivity contribution in [3.05, 3.63) is 51.5 Å². The second-order valence-electron chi connectivity index (χ2n) is 4.84. The van der Waals surface area contributed by atoms with Crippen molar-refractivity contribution in [2.75, 3.05) is 10.6 Å². The van der Waals surface area contributed by atoms with Gasteiger partial charge in [-0.05, 0) is 35.9 Å². The van der Waals surface area contributed by atoms with Crippen LogP contribution >= 0.6 is 23.2 Å². The third-order valence-electron chi connectivity index (χ3n) is 3.27. The van der Waals surface area contributed by atoms with E-state index in [1.165, 1.54) is 12.1 Å². The van der Waals surface area contributed by atoms with Crippen molar-refractivity contribution >= 4 is 46.4 Å². The maximum Gasteiger partial charge on any atom is 0.255 e. The number of hydrogen-bond donors (Lipinski definition) is 3. The molecular formula is C15H10Cl2N2O3. The van der Waals surface area contributed by atoms with E-state index in [2.05, 4.69) is 10.6 Å². The second-order valence-corrected chi connectivity index (χ2v) is 5.65. The van der Waals surface area contributed by atoms with Gasteiger partial charge in [-0.25, -0.2) is 0 Å². The molecule has 0 fully saturated rings. The van der Waals surface area contributed by atoms with Gasteiger partial charge in [-0.2, -0.15) is 0 Å². The topological polar surface area (TPSA) is 78.4 Å². The van der Waals surface area contributed by atoms with Crippen LogP contribution in [0.3, 0.4) is 0 Å². The molecule has 2 amide bonds. The first-order valence-electron chi connectivity index (χ1n) is 6.36. The lowest BCUT2D eigenvalue weighted by Gasteiger charge is -2.09. The molecule has 5 nitrogen and oxygen atoms in total. The number of nitrogens with one attached hydrogen (secondary N) is 2. The van der Waals surface area contributed by atoms with Crippen molar-refractivity contribution in [3.8, 4) is 5.75 Å². The first-order valence-corrected chi connectivity index (χ1v) is 7.12. The molecule has 7 heteroatoms. The number of carbonyl (C=O) groups excluding carboxylic acids is 2. The van der Waals surface area contributed by atoms with Gasteiger partial charge in [0.15, 0.2) is 5.75 Å². The normalized spacial score (nSPS) is 12.7. The summed E-state index contributed by atoms with van der Waals surface area (Å²) in [7, 11) is 0. The van der Waals surface area contributed by atoms with Gasteiger partial charge in [0.2, 0.25) is 5.91 Å². The highest BCUT2D eigenvalue weighted by Gasteiger charge is 2.19. The number of carbonyl (C=O) groups is 2. The van der Waals surface area contributed by atoms with Crippen molar-refractivity contribution in [2.24, 2.45) is 0 Å². The lowest BCUT2D eigenvalue weighted by atomic mass is 10.1. The highest BCUT2D eigenvalue weighted by atomic mass is 35.5. The molecule has 0 aromatic heterocycles.